The van der Waals surface area contributed by atoms with E-state index in [9.17, 15) is 18.8 Å². The second kappa shape index (κ2) is 11.4. The van der Waals surface area contributed by atoms with Gasteiger partial charge in [-0.15, -0.1) is 0 Å². The number of esters is 1. The van der Waals surface area contributed by atoms with Crippen LogP contribution >= 0.6 is 0 Å². The predicted molar refractivity (Wildman–Crippen MR) is 107 cm³/mol. The standard InChI is InChI=1S/C21H23FN2O6/c1-3-10-23-19(25)12-30-21(27)14-4-9-17(18(11-14)28-2)29-13-20(26)24-16-7-5-15(22)6-8-16/h4-9,11H,3,10,12-13H2,1-2H3,(H,23,25)(H,24,26). The maximum absolute atomic E-state index is 12.9. The molecule has 0 saturated heterocycles. The molecule has 0 aliphatic carbocycles. The van der Waals surface area contributed by atoms with E-state index in [0.29, 0.717) is 12.2 Å². The number of rotatable bonds is 10. The molecule has 0 atom stereocenters. The monoisotopic (exact) mass is 418 g/mol. The third-order valence-corrected chi connectivity index (χ3v) is 3.79. The molecule has 2 amide bonds. The molecule has 30 heavy (non-hydrogen) atoms. The van der Waals surface area contributed by atoms with Crippen molar-refractivity contribution in [2.24, 2.45) is 0 Å². The van der Waals surface area contributed by atoms with Crippen molar-refractivity contribution in [1.82, 2.24) is 5.32 Å². The van der Waals surface area contributed by atoms with Crippen LogP contribution in [0.4, 0.5) is 10.1 Å². The van der Waals surface area contributed by atoms with Gasteiger partial charge < -0.3 is 24.8 Å². The summed E-state index contributed by atoms with van der Waals surface area (Å²) in [7, 11) is 1.38. The zero-order valence-electron chi connectivity index (χ0n) is 16.7. The molecule has 0 saturated carbocycles. The number of carbonyl (C=O) groups is 3. The maximum Gasteiger partial charge on any atom is 0.338 e. The SMILES string of the molecule is CCCNC(=O)COC(=O)c1ccc(OCC(=O)Nc2ccc(F)cc2)c(OC)c1. The number of hydrogen-bond acceptors (Lipinski definition) is 6. The van der Waals surface area contributed by atoms with Crippen molar-refractivity contribution in [3.8, 4) is 11.5 Å². The Morgan fingerprint density at radius 1 is 0.967 bits per heavy atom. The van der Waals surface area contributed by atoms with Crippen LogP contribution < -0.4 is 20.1 Å². The van der Waals surface area contributed by atoms with Crippen molar-refractivity contribution in [3.05, 3.63) is 53.8 Å². The maximum atomic E-state index is 12.9. The van der Waals surface area contributed by atoms with Crippen LogP contribution in [-0.2, 0) is 14.3 Å². The van der Waals surface area contributed by atoms with E-state index < -0.39 is 17.7 Å². The van der Waals surface area contributed by atoms with Gasteiger partial charge >= 0.3 is 5.97 Å². The molecule has 0 fully saturated rings. The van der Waals surface area contributed by atoms with Gasteiger partial charge in [-0.05, 0) is 48.9 Å². The minimum Gasteiger partial charge on any atom is -0.493 e. The van der Waals surface area contributed by atoms with Crippen molar-refractivity contribution in [1.29, 1.82) is 0 Å². The lowest BCUT2D eigenvalue weighted by molar-refractivity contribution is -0.124. The van der Waals surface area contributed by atoms with Crippen LogP contribution in [0.25, 0.3) is 0 Å². The summed E-state index contributed by atoms with van der Waals surface area (Å²) in [6, 6.07) is 9.59. The number of amides is 2. The smallest absolute Gasteiger partial charge is 0.338 e. The van der Waals surface area contributed by atoms with Crippen molar-refractivity contribution in [2.45, 2.75) is 13.3 Å². The predicted octanol–water partition coefficient (Wildman–Crippen LogP) is 2.53. The Morgan fingerprint density at radius 2 is 1.70 bits per heavy atom. The summed E-state index contributed by atoms with van der Waals surface area (Å²) in [5.74, 6) is -1.48. The fraction of sp³-hybridized carbons (Fsp3) is 0.286. The van der Waals surface area contributed by atoms with Crippen LogP contribution in [0.15, 0.2) is 42.5 Å². The van der Waals surface area contributed by atoms with E-state index in [1.54, 1.807) is 0 Å². The van der Waals surface area contributed by atoms with Gasteiger partial charge in [0.2, 0.25) is 0 Å². The van der Waals surface area contributed by atoms with Gasteiger partial charge in [0.25, 0.3) is 11.8 Å². The van der Waals surface area contributed by atoms with E-state index >= 15 is 0 Å². The molecule has 0 bridgehead atoms. The number of nitrogens with one attached hydrogen (secondary N) is 2. The summed E-state index contributed by atoms with van der Waals surface area (Å²) >= 11 is 0. The minimum absolute atomic E-state index is 0.165. The van der Waals surface area contributed by atoms with Gasteiger partial charge in [-0.25, -0.2) is 9.18 Å². The van der Waals surface area contributed by atoms with Gasteiger partial charge in [-0.3, -0.25) is 9.59 Å². The Balaban J connectivity index is 1.91. The fourth-order valence-corrected chi connectivity index (χ4v) is 2.32. The van der Waals surface area contributed by atoms with E-state index in [0.717, 1.165) is 6.42 Å². The molecule has 8 nitrogen and oxygen atoms in total. The quantitative estimate of drug-likeness (QED) is 0.575. The topological polar surface area (TPSA) is 103 Å². The lowest BCUT2D eigenvalue weighted by Gasteiger charge is -2.12. The van der Waals surface area contributed by atoms with E-state index in [1.165, 1.54) is 49.6 Å². The van der Waals surface area contributed by atoms with Crippen molar-refractivity contribution in [3.63, 3.8) is 0 Å². The Morgan fingerprint density at radius 3 is 2.37 bits per heavy atom. The molecule has 2 rings (SSSR count). The Bertz CT molecular complexity index is 886. The third kappa shape index (κ3) is 7.08. The first-order chi connectivity index (χ1) is 14.4. The largest absolute Gasteiger partial charge is 0.493 e. The molecule has 0 spiro atoms. The minimum atomic E-state index is -0.694. The summed E-state index contributed by atoms with van der Waals surface area (Å²) in [5.41, 5.74) is 0.594. The highest BCUT2D eigenvalue weighted by molar-refractivity contribution is 5.93. The molecule has 0 aromatic heterocycles. The zero-order chi connectivity index (χ0) is 21.9. The number of ether oxygens (including phenoxy) is 3. The van der Waals surface area contributed by atoms with E-state index in [-0.39, 0.29) is 36.2 Å². The fourth-order valence-electron chi connectivity index (χ4n) is 2.32. The van der Waals surface area contributed by atoms with E-state index in [1.807, 2.05) is 6.92 Å². The molecule has 160 valence electrons. The molecule has 0 aliphatic rings. The summed E-state index contributed by atoms with van der Waals surface area (Å²) in [6.07, 6.45) is 0.778. The molecule has 2 aromatic carbocycles. The van der Waals surface area contributed by atoms with Crippen LogP contribution in [0.2, 0.25) is 0 Å². The van der Waals surface area contributed by atoms with Gasteiger partial charge in [0.1, 0.15) is 5.82 Å². The Kier molecular flexibility index (Phi) is 8.61. The molecule has 9 heteroatoms. The molecule has 2 aromatic rings. The summed E-state index contributed by atoms with van der Waals surface area (Å²) in [4.78, 5) is 35.6. The summed E-state index contributed by atoms with van der Waals surface area (Å²) in [6.45, 7) is 1.71. The van der Waals surface area contributed by atoms with Crippen LogP contribution in [0.5, 0.6) is 11.5 Å². The highest BCUT2D eigenvalue weighted by Gasteiger charge is 2.15. The van der Waals surface area contributed by atoms with E-state index in [4.69, 9.17) is 14.2 Å². The summed E-state index contributed by atoms with van der Waals surface area (Å²) in [5, 5.41) is 5.17. The lowest BCUT2D eigenvalue weighted by Crippen LogP contribution is -2.29. The van der Waals surface area contributed by atoms with Crippen molar-refractivity contribution in [2.75, 3.05) is 32.2 Å². The summed E-state index contributed by atoms with van der Waals surface area (Å²) < 4.78 is 28.5. The Labute approximate surface area is 173 Å². The second-order valence-corrected chi connectivity index (χ2v) is 6.14. The third-order valence-electron chi connectivity index (χ3n) is 3.79. The molecule has 0 heterocycles. The molecule has 0 radical (unpaired) electrons. The highest BCUT2D eigenvalue weighted by Crippen LogP contribution is 2.28. The van der Waals surface area contributed by atoms with Crippen LogP contribution in [0, 0.1) is 5.82 Å². The number of carbonyl (C=O) groups excluding carboxylic acids is 3. The molecular formula is C21H23FN2O6. The number of methoxy groups -OCH3 is 1. The lowest BCUT2D eigenvalue weighted by atomic mass is 10.2. The van der Waals surface area contributed by atoms with Gasteiger partial charge in [-0.2, -0.15) is 0 Å². The molecule has 0 aliphatic heterocycles. The van der Waals surface area contributed by atoms with Crippen LogP contribution in [0.3, 0.4) is 0 Å². The van der Waals surface area contributed by atoms with E-state index in [2.05, 4.69) is 10.6 Å². The Hall–Kier alpha value is -3.62. The van der Waals surface area contributed by atoms with Crippen LogP contribution in [0.1, 0.15) is 23.7 Å². The van der Waals surface area contributed by atoms with Gasteiger partial charge in [0.15, 0.2) is 24.7 Å². The zero-order valence-corrected chi connectivity index (χ0v) is 16.7. The normalized spacial score (nSPS) is 10.1. The first-order valence-electron chi connectivity index (χ1n) is 9.23. The average Bonchev–Trinajstić information content (AvgIpc) is 2.76. The molecule has 0 unspecified atom stereocenters. The van der Waals surface area contributed by atoms with Gasteiger partial charge in [-0.1, -0.05) is 6.92 Å². The molecular weight excluding hydrogens is 395 g/mol. The first-order valence-corrected chi connectivity index (χ1v) is 9.23. The average molecular weight is 418 g/mol. The van der Waals surface area contributed by atoms with Crippen molar-refractivity contribution >= 4 is 23.5 Å². The highest BCUT2D eigenvalue weighted by atomic mass is 19.1. The first kappa shape index (κ1) is 22.7. The van der Waals surface area contributed by atoms with Crippen LogP contribution in [-0.4, -0.2) is 44.7 Å². The van der Waals surface area contributed by atoms with Crippen molar-refractivity contribution < 1.29 is 33.0 Å². The number of halogens is 1. The number of hydrogen-bond donors (Lipinski definition) is 2. The van der Waals surface area contributed by atoms with Gasteiger partial charge in [0, 0.05) is 12.2 Å². The number of anilines is 1. The molecule has 2 N–H and O–H groups in total. The number of benzene rings is 2. The second-order valence-electron chi connectivity index (χ2n) is 6.14. The van der Waals surface area contributed by atoms with Gasteiger partial charge in [0.05, 0.1) is 12.7 Å².